The second kappa shape index (κ2) is 5.70. The number of carbonyl (C=O) groups excluding carboxylic acids is 1. The summed E-state index contributed by atoms with van der Waals surface area (Å²) in [5.41, 5.74) is 0.503. The Bertz CT molecular complexity index is 759. The second-order valence-electron chi connectivity index (χ2n) is 5.15. The number of fused-ring (bicyclic) bond motifs is 1. The Balaban J connectivity index is 2.13. The van der Waals surface area contributed by atoms with Gasteiger partial charge in [0.05, 0.1) is 33.3 Å². The van der Waals surface area contributed by atoms with E-state index >= 15 is 0 Å². The van der Waals surface area contributed by atoms with Crippen LogP contribution in [0.2, 0.25) is 10.0 Å². The highest BCUT2D eigenvalue weighted by Gasteiger charge is 2.50. The maximum absolute atomic E-state index is 11.9. The smallest absolute Gasteiger partial charge is 0.244 e. The molecule has 118 valence electrons. The lowest BCUT2D eigenvalue weighted by Gasteiger charge is -2.26. The van der Waals surface area contributed by atoms with Gasteiger partial charge in [-0.15, -0.1) is 0 Å². The molecule has 0 N–H and O–H groups in total. The van der Waals surface area contributed by atoms with E-state index in [2.05, 4.69) is 4.99 Å². The molecule has 2 aliphatic rings. The highest BCUT2D eigenvalue weighted by Crippen LogP contribution is 2.45. The predicted molar refractivity (Wildman–Crippen MR) is 90.9 cm³/mol. The quantitative estimate of drug-likeness (QED) is 0.751. The number of hydrogen-bond acceptors (Lipinski definition) is 4. The van der Waals surface area contributed by atoms with Gasteiger partial charge in [-0.25, -0.2) is 8.42 Å². The van der Waals surface area contributed by atoms with Crippen molar-refractivity contribution in [1.82, 2.24) is 0 Å². The van der Waals surface area contributed by atoms with E-state index in [1.165, 1.54) is 18.7 Å². The highest BCUT2D eigenvalue weighted by molar-refractivity contribution is 8.16. The van der Waals surface area contributed by atoms with Crippen molar-refractivity contribution in [3.8, 4) is 0 Å². The van der Waals surface area contributed by atoms with Crippen LogP contribution in [0.3, 0.4) is 0 Å². The number of para-hydroxylation sites is 1. The van der Waals surface area contributed by atoms with Gasteiger partial charge in [0.15, 0.2) is 15.0 Å². The molecular weight excluding hydrogens is 367 g/mol. The Morgan fingerprint density at radius 2 is 1.95 bits per heavy atom. The van der Waals surface area contributed by atoms with Crippen molar-refractivity contribution in [2.45, 2.75) is 18.2 Å². The van der Waals surface area contributed by atoms with E-state index in [0.29, 0.717) is 20.9 Å². The van der Waals surface area contributed by atoms with Gasteiger partial charge < -0.3 is 4.90 Å². The molecule has 0 radical (unpaired) electrons. The largest absolute Gasteiger partial charge is 0.313 e. The summed E-state index contributed by atoms with van der Waals surface area (Å²) >= 11 is 13.8. The fourth-order valence-corrected chi connectivity index (χ4v) is 7.20. The minimum atomic E-state index is -3.11. The molecule has 2 atom stereocenters. The zero-order chi connectivity index (χ0) is 16.1. The molecule has 0 bridgehead atoms. The second-order valence-corrected chi connectivity index (χ2v) is 9.33. The van der Waals surface area contributed by atoms with E-state index in [1.807, 2.05) is 0 Å². The van der Waals surface area contributed by atoms with E-state index in [4.69, 9.17) is 23.2 Å². The van der Waals surface area contributed by atoms with Crippen molar-refractivity contribution in [3.63, 3.8) is 0 Å². The number of benzene rings is 1. The van der Waals surface area contributed by atoms with E-state index < -0.39 is 9.84 Å². The number of amides is 1. The van der Waals surface area contributed by atoms with Gasteiger partial charge >= 0.3 is 0 Å². The first kappa shape index (κ1) is 16.1. The molecule has 22 heavy (non-hydrogen) atoms. The summed E-state index contributed by atoms with van der Waals surface area (Å²) < 4.78 is 23.8. The minimum absolute atomic E-state index is 0.00312. The molecule has 0 spiro atoms. The van der Waals surface area contributed by atoms with E-state index in [-0.39, 0.29) is 28.7 Å². The van der Waals surface area contributed by atoms with Crippen molar-refractivity contribution in [2.75, 3.05) is 16.4 Å². The van der Waals surface area contributed by atoms with Crippen LogP contribution in [0, 0.1) is 0 Å². The fourth-order valence-electron chi connectivity index (χ4n) is 2.68. The molecule has 9 heteroatoms. The van der Waals surface area contributed by atoms with Crippen molar-refractivity contribution < 1.29 is 13.2 Å². The SMILES string of the molecule is CC(=O)N=C1S[C@H]2CS(=O)(=O)C[C@@H]2N1c1c(Cl)cccc1Cl. The van der Waals surface area contributed by atoms with Crippen LogP contribution >= 0.6 is 35.0 Å². The number of carbonyl (C=O) groups is 1. The van der Waals surface area contributed by atoms with E-state index in [1.54, 1.807) is 23.1 Å². The summed E-state index contributed by atoms with van der Waals surface area (Å²) in [5, 5.41) is 1.08. The summed E-state index contributed by atoms with van der Waals surface area (Å²) in [5.74, 6) is -0.278. The third-order valence-electron chi connectivity index (χ3n) is 3.50. The standard InChI is InChI=1S/C13H12Cl2N2O3S2/c1-7(18)16-13-17(12-8(14)3-2-4-9(12)15)10-5-22(19,20)6-11(10)21-13/h2-4,10-11H,5-6H2,1H3/t10-,11-/m0/s1. The molecule has 5 nitrogen and oxygen atoms in total. The molecule has 0 aromatic heterocycles. The molecule has 2 fully saturated rings. The summed E-state index contributed by atoms with van der Waals surface area (Å²) in [4.78, 5) is 17.1. The van der Waals surface area contributed by atoms with Crippen LogP contribution in [0.4, 0.5) is 5.69 Å². The van der Waals surface area contributed by atoms with Crippen LogP contribution in [0.5, 0.6) is 0 Å². The van der Waals surface area contributed by atoms with Gasteiger partial charge in [0.25, 0.3) is 0 Å². The Kier molecular flexibility index (Phi) is 4.18. The van der Waals surface area contributed by atoms with Crippen molar-refractivity contribution in [3.05, 3.63) is 28.2 Å². The predicted octanol–water partition coefficient (Wildman–Crippen LogP) is 2.61. The van der Waals surface area contributed by atoms with Gasteiger partial charge in [-0.2, -0.15) is 4.99 Å². The lowest BCUT2D eigenvalue weighted by Crippen LogP contribution is -2.38. The number of sulfone groups is 1. The molecule has 2 heterocycles. The Hall–Kier alpha value is -0.760. The highest BCUT2D eigenvalue weighted by atomic mass is 35.5. The van der Waals surface area contributed by atoms with Gasteiger partial charge in [-0.05, 0) is 12.1 Å². The van der Waals surface area contributed by atoms with Crippen molar-refractivity contribution >= 4 is 61.6 Å². The maximum Gasteiger partial charge on any atom is 0.244 e. The molecule has 2 saturated heterocycles. The number of halogens is 2. The minimum Gasteiger partial charge on any atom is -0.313 e. The normalized spacial score (nSPS) is 28.1. The monoisotopic (exact) mass is 378 g/mol. The number of rotatable bonds is 1. The summed E-state index contributed by atoms with van der Waals surface area (Å²) in [6.07, 6.45) is 0. The number of nitrogens with zero attached hydrogens (tertiary/aromatic N) is 2. The Labute approximate surface area is 142 Å². The molecule has 1 amide bonds. The van der Waals surface area contributed by atoms with Crippen molar-refractivity contribution in [2.24, 2.45) is 4.99 Å². The molecule has 2 aliphatic heterocycles. The average molecular weight is 379 g/mol. The fraction of sp³-hybridized carbons (Fsp3) is 0.385. The molecule has 0 aliphatic carbocycles. The van der Waals surface area contributed by atoms with Crippen LogP contribution in [0.25, 0.3) is 0 Å². The average Bonchev–Trinajstić information content (AvgIpc) is 2.81. The number of amidine groups is 1. The van der Waals surface area contributed by atoms with Gasteiger partial charge in [0.1, 0.15) is 0 Å². The first-order valence-electron chi connectivity index (χ1n) is 6.48. The van der Waals surface area contributed by atoms with Crippen LogP contribution in [-0.2, 0) is 14.6 Å². The molecule has 0 unspecified atom stereocenters. The Morgan fingerprint density at radius 1 is 1.32 bits per heavy atom. The van der Waals surface area contributed by atoms with Gasteiger partial charge in [-0.3, -0.25) is 4.79 Å². The molecule has 3 rings (SSSR count). The zero-order valence-corrected chi connectivity index (χ0v) is 14.6. The van der Waals surface area contributed by atoms with E-state index in [9.17, 15) is 13.2 Å². The summed E-state index contributed by atoms with van der Waals surface area (Å²) in [7, 11) is -3.11. The van der Waals surface area contributed by atoms with Crippen molar-refractivity contribution in [1.29, 1.82) is 0 Å². The topological polar surface area (TPSA) is 66.8 Å². The van der Waals surface area contributed by atoms with Crippen LogP contribution < -0.4 is 4.90 Å². The lowest BCUT2D eigenvalue weighted by atomic mass is 10.2. The Morgan fingerprint density at radius 3 is 2.55 bits per heavy atom. The van der Waals surface area contributed by atoms with Crippen LogP contribution in [0.15, 0.2) is 23.2 Å². The third kappa shape index (κ3) is 2.87. The molecule has 0 saturated carbocycles. The molecule has 1 aromatic carbocycles. The molecular formula is C13H12Cl2N2O3S2. The van der Waals surface area contributed by atoms with Crippen LogP contribution in [-0.4, -0.2) is 42.3 Å². The first-order chi connectivity index (χ1) is 10.3. The zero-order valence-electron chi connectivity index (χ0n) is 11.5. The van der Waals surface area contributed by atoms with E-state index in [0.717, 1.165) is 0 Å². The van der Waals surface area contributed by atoms with Crippen LogP contribution in [0.1, 0.15) is 6.92 Å². The first-order valence-corrected chi connectivity index (χ1v) is 9.94. The number of hydrogen-bond donors (Lipinski definition) is 0. The third-order valence-corrected chi connectivity index (χ3v) is 7.32. The lowest BCUT2D eigenvalue weighted by molar-refractivity contribution is -0.115. The molecule has 1 aromatic rings. The van der Waals surface area contributed by atoms with Gasteiger partial charge in [0, 0.05) is 12.2 Å². The van der Waals surface area contributed by atoms with Gasteiger partial charge in [-0.1, -0.05) is 41.0 Å². The maximum atomic E-state index is 11.9. The summed E-state index contributed by atoms with van der Waals surface area (Å²) in [6, 6.07) is 4.75. The number of anilines is 1. The summed E-state index contributed by atoms with van der Waals surface area (Å²) in [6.45, 7) is 1.35. The number of thioether (sulfide) groups is 1. The number of aliphatic imine (C=N–C) groups is 1. The van der Waals surface area contributed by atoms with Gasteiger partial charge in [0.2, 0.25) is 5.91 Å².